The van der Waals surface area contributed by atoms with E-state index < -0.39 is 12.0 Å². The van der Waals surface area contributed by atoms with Gasteiger partial charge in [0.25, 0.3) is 0 Å². The topological polar surface area (TPSA) is 46.5 Å². The number of aliphatic hydroxyl groups is 1. The molecule has 0 bridgehead atoms. The fraction of sp³-hybridized carbons (Fsp3) is 0.417. The lowest BCUT2D eigenvalue weighted by molar-refractivity contribution is -0.149. The summed E-state index contributed by atoms with van der Waals surface area (Å²) < 4.78 is 4.65. The zero-order chi connectivity index (χ0) is 11.3. The van der Waals surface area contributed by atoms with Gasteiger partial charge in [0.1, 0.15) is 0 Å². The van der Waals surface area contributed by atoms with Gasteiger partial charge in [-0.05, 0) is 12.0 Å². The van der Waals surface area contributed by atoms with Crippen LogP contribution in [0.4, 0.5) is 0 Å². The average molecular weight is 208 g/mol. The van der Waals surface area contributed by atoms with E-state index in [1.807, 2.05) is 25.1 Å². The third-order valence-electron chi connectivity index (χ3n) is 2.47. The van der Waals surface area contributed by atoms with Crippen molar-refractivity contribution in [3.63, 3.8) is 0 Å². The fourth-order valence-electron chi connectivity index (χ4n) is 1.55. The van der Waals surface area contributed by atoms with Crippen molar-refractivity contribution < 1.29 is 14.6 Å². The maximum atomic E-state index is 11.4. The van der Waals surface area contributed by atoms with Crippen LogP contribution >= 0.6 is 0 Å². The second kappa shape index (κ2) is 5.51. The molecule has 15 heavy (non-hydrogen) atoms. The zero-order valence-corrected chi connectivity index (χ0v) is 9.01. The van der Waals surface area contributed by atoms with Gasteiger partial charge in [0.05, 0.1) is 19.1 Å². The Morgan fingerprint density at radius 2 is 2.00 bits per heavy atom. The predicted octanol–water partition coefficient (Wildman–Crippen LogP) is 1.92. The molecule has 0 unspecified atom stereocenters. The Kier molecular flexibility index (Phi) is 4.31. The highest BCUT2D eigenvalue weighted by molar-refractivity contribution is 5.73. The Balaban J connectivity index is 2.82. The standard InChI is InChI=1S/C12H16O3/c1-3-10(12(14)15-2)11(13)9-7-5-4-6-8-9/h4-8,10-11,13H,3H2,1-2H3/t10-,11-/m0/s1. The molecule has 0 spiro atoms. The van der Waals surface area contributed by atoms with Crippen LogP contribution in [0.3, 0.4) is 0 Å². The van der Waals surface area contributed by atoms with E-state index in [2.05, 4.69) is 4.74 Å². The van der Waals surface area contributed by atoms with Crippen LogP contribution in [-0.4, -0.2) is 18.2 Å². The van der Waals surface area contributed by atoms with E-state index in [9.17, 15) is 9.90 Å². The van der Waals surface area contributed by atoms with Crippen LogP contribution in [0.25, 0.3) is 0 Å². The molecule has 0 amide bonds. The Bertz CT molecular complexity index is 308. The lowest BCUT2D eigenvalue weighted by Crippen LogP contribution is -2.22. The molecule has 1 N–H and O–H groups in total. The zero-order valence-electron chi connectivity index (χ0n) is 9.01. The number of esters is 1. The highest BCUT2D eigenvalue weighted by Gasteiger charge is 2.26. The first-order chi connectivity index (χ1) is 7.20. The summed E-state index contributed by atoms with van der Waals surface area (Å²) >= 11 is 0. The number of hydrogen-bond donors (Lipinski definition) is 1. The van der Waals surface area contributed by atoms with Crippen molar-refractivity contribution in [2.75, 3.05) is 7.11 Å². The van der Waals surface area contributed by atoms with Gasteiger partial charge < -0.3 is 9.84 Å². The maximum absolute atomic E-state index is 11.4. The molecule has 0 aliphatic heterocycles. The summed E-state index contributed by atoms with van der Waals surface area (Å²) in [5.41, 5.74) is 0.745. The van der Waals surface area contributed by atoms with Crippen molar-refractivity contribution in [2.24, 2.45) is 5.92 Å². The number of rotatable bonds is 4. The molecule has 3 nitrogen and oxygen atoms in total. The molecule has 1 aromatic rings. The minimum absolute atomic E-state index is 0.367. The first kappa shape index (κ1) is 11.7. The summed E-state index contributed by atoms with van der Waals surface area (Å²) in [4.78, 5) is 11.4. The normalized spacial score (nSPS) is 14.3. The number of aliphatic hydroxyl groups excluding tert-OH is 1. The lowest BCUT2D eigenvalue weighted by atomic mass is 9.94. The van der Waals surface area contributed by atoms with Crippen molar-refractivity contribution in [1.82, 2.24) is 0 Å². The monoisotopic (exact) mass is 208 g/mol. The molecule has 0 aliphatic carbocycles. The molecule has 0 saturated carbocycles. The molecule has 1 aromatic carbocycles. The molecule has 0 radical (unpaired) electrons. The Hall–Kier alpha value is -1.35. The summed E-state index contributed by atoms with van der Waals surface area (Å²) in [5, 5.41) is 9.98. The molecule has 0 fully saturated rings. The van der Waals surface area contributed by atoms with E-state index in [1.54, 1.807) is 12.1 Å². The Morgan fingerprint density at radius 3 is 2.47 bits per heavy atom. The van der Waals surface area contributed by atoms with Gasteiger partial charge in [-0.25, -0.2) is 0 Å². The van der Waals surface area contributed by atoms with E-state index in [0.717, 1.165) is 5.56 Å². The molecule has 0 saturated heterocycles. The molecule has 82 valence electrons. The Morgan fingerprint density at radius 1 is 1.40 bits per heavy atom. The molecular formula is C12H16O3. The second-order valence-corrected chi connectivity index (χ2v) is 3.39. The van der Waals surface area contributed by atoms with Crippen LogP contribution in [-0.2, 0) is 9.53 Å². The average Bonchev–Trinajstić information content (AvgIpc) is 2.30. The number of hydrogen-bond acceptors (Lipinski definition) is 3. The van der Waals surface area contributed by atoms with Crippen LogP contribution in [0.2, 0.25) is 0 Å². The molecular weight excluding hydrogens is 192 g/mol. The van der Waals surface area contributed by atoms with E-state index in [1.165, 1.54) is 7.11 Å². The van der Waals surface area contributed by atoms with Crippen LogP contribution < -0.4 is 0 Å². The number of carbonyl (C=O) groups excluding carboxylic acids is 1. The minimum atomic E-state index is -0.788. The summed E-state index contributed by atoms with van der Waals surface area (Å²) in [7, 11) is 1.34. The lowest BCUT2D eigenvalue weighted by Gasteiger charge is -2.19. The summed E-state index contributed by atoms with van der Waals surface area (Å²) in [6.07, 6.45) is -0.230. The summed E-state index contributed by atoms with van der Waals surface area (Å²) in [5.74, 6) is -0.855. The number of benzene rings is 1. The molecule has 3 heteroatoms. The SMILES string of the molecule is CC[C@H](C(=O)OC)[C@@H](O)c1ccccc1. The third kappa shape index (κ3) is 2.80. The number of ether oxygens (including phenoxy) is 1. The van der Waals surface area contributed by atoms with Crippen LogP contribution in [0.15, 0.2) is 30.3 Å². The van der Waals surface area contributed by atoms with Gasteiger partial charge >= 0.3 is 5.97 Å². The van der Waals surface area contributed by atoms with Gasteiger partial charge in [0.2, 0.25) is 0 Å². The predicted molar refractivity (Wildman–Crippen MR) is 57.2 cm³/mol. The number of carbonyl (C=O) groups is 1. The summed E-state index contributed by atoms with van der Waals surface area (Å²) in [6.45, 7) is 1.85. The van der Waals surface area contributed by atoms with E-state index in [0.29, 0.717) is 6.42 Å². The maximum Gasteiger partial charge on any atom is 0.311 e. The van der Waals surface area contributed by atoms with Gasteiger partial charge in [-0.1, -0.05) is 37.3 Å². The van der Waals surface area contributed by atoms with Crippen LogP contribution in [0.1, 0.15) is 25.0 Å². The second-order valence-electron chi connectivity index (χ2n) is 3.39. The van der Waals surface area contributed by atoms with Gasteiger partial charge in [-0.2, -0.15) is 0 Å². The van der Waals surface area contributed by atoms with Crippen molar-refractivity contribution in [3.05, 3.63) is 35.9 Å². The van der Waals surface area contributed by atoms with Gasteiger partial charge in [0.15, 0.2) is 0 Å². The molecule has 2 atom stereocenters. The minimum Gasteiger partial charge on any atom is -0.469 e. The quantitative estimate of drug-likeness (QED) is 0.769. The van der Waals surface area contributed by atoms with E-state index >= 15 is 0 Å². The highest BCUT2D eigenvalue weighted by atomic mass is 16.5. The highest BCUT2D eigenvalue weighted by Crippen LogP contribution is 2.25. The van der Waals surface area contributed by atoms with Crippen molar-refractivity contribution in [1.29, 1.82) is 0 Å². The van der Waals surface area contributed by atoms with Crippen molar-refractivity contribution in [3.8, 4) is 0 Å². The Labute approximate surface area is 89.7 Å². The largest absolute Gasteiger partial charge is 0.469 e. The first-order valence-corrected chi connectivity index (χ1v) is 5.01. The summed E-state index contributed by atoms with van der Waals surface area (Å²) in [6, 6.07) is 9.15. The number of methoxy groups -OCH3 is 1. The van der Waals surface area contributed by atoms with Gasteiger partial charge in [0, 0.05) is 0 Å². The third-order valence-corrected chi connectivity index (χ3v) is 2.47. The first-order valence-electron chi connectivity index (χ1n) is 5.01. The molecule has 0 heterocycles. The van der Waals surface area contributed by atoms with E-state index in [-0.39, 0.29) is 5.97 Å². The van der Waals surface area contributed by atoms with Crippen LogP contribution in [0, 0.1) is 5.92 Å². The van der Waals surface area contributed by atoms with Gasteiger partial charge in [-0.3, -0.25) is 4.79 Å². The molecule has 0 aliphatic rings. The molecule has 1 rings (SSSR count). The molecule has 0 aromatic heterocycles. The van der Waals surface area contributed by atoms with Crippen molar-refractivity contribution in [2.45, 2.75) is 19.4 Å². The van der Waals surface area contributed by atoms with Gasteiger partial charge in [-0.15, -0.1) is 0 Å². The van der Waals surface area contributed by atoms with Crippen molar-refractivity contribution >= 4 is 5.97 Å². The van der Waals surface area contributed by atoms with E-state index in [4.69, 9.17) is 0 Å². The van der Waals surface area contributed by atoms with Crippen LogP contribution in [0.5, 0.6) is 0 Å². The smallest absolute Gasteiger partial charge is 0.311 e. The fourth-order valence-corrected chi connectivity index (χ4v) is 1.55.